The number of rotatable bonds is 3. The first kappa shape index (κ1) is 19.8. The highest BCUT2D eigenvalue weighted by Gasteiger charge is 2.32. The lowest BCUT2D eigenvalue weighted by molar-refractivity contribution is -0.0836. The maximum atomic E-state index is 12.4. The van der Waals surface area contributed by atoms with Crippen molar-refractivity contribution in [1.29, 1.82) is 0 Å². The second kappa shape index (κ2) is 8.25. The van der Waals surface area contributed by atoms with Gasteiger partial charge in [-0.25, -0.2) is 4.79 Å². The minimum Gasteiger partial charge on any atom is -0.308 e. The van der Waals surface area contributed by atoms with E-state index in [4.69, 9.17) is 23.2 Å². The van der Waals surface area contributed by atoms with Crippen molar-refractivity contribution in [3.63, 3.8) is 0 Å². The van der Waals surface area contributed by atoms with E-state index < -0.39 is 23.1 Å². The zero-order chi connectivity index (χ0) is 19.3. The van der Waals surface area contributed by atoms with E-state index in [9.17, 15) is 22.8 Å². The number of amides is 3. The van der Waals surface area contributed by atoms with Crippen LogP contribution in [0.1, 0.15) is 15.9 Å². The van der Waals surface area contributed by atoms with Gasteiger partial charge in [0.2, 0.25) is 0 Å². The molecule has 26 heavy (non-hydrogen) atoms. The van der Waals surface area contributed by atoms with Crippen LogP contribution in [-0.2, 0) is 0 Å². The highest BCUT2D eigenvalue weighted by molar-refractivity contribution is 6.34. The second-order valence-electron chi connectivity index (χ2n) is 5.00. The van der Waals surface area contributed by atoms with E-state index in [1.165, 1.54) is 36.4 Å². The molecule has 4 nitrogen and oxygen atoms in total. The summed E-state index contributed by atoms with van der Waals surface area (Å²) in [5.41, 5.74) is 0.603. The number of halogens is 5. The predicted molar refractivity (Wildman–Crippen MR) is 94.3 cm³/mol. The van der Waals surface area contributed by atoms with Crippen LogP contribution >= 0.6 is 23.2 Å². The van der Waals surface area contributed by atoms with Crippen LogP contribution in [0.4, 0.5) is 23.7 Å². The molecule has 0 aromatic heterocycles. The minimum absolute atomic E-state index is 0.131. The molecule has 0 saturated heterocycles. The smallest absolute Gasteiger partial charge is 0.308 e. The number of carbonyl (C=O) groups is 2. The number of imide groups is 1. The van der Waals surface area contributed by atoms with E-state index in [0.29, 0.717) is 0 Å². The molecule has 0 aliphatic carbocycles. The van der Waals surface area contributed by atoms with Gasteiger partial charge in [0.25, 0.3) is 5.91 Å². The molecule has 3 amide bonds. The van der Waals surface area contributed by atoms with Gasteiger partial charge in [0.1, 0.15) is 5.03 Å². The Morgan fingerprint density at radius 2 is 1.62 bits per heavy atom. The normalized spacial score (nSPS) is 11.8. The molecule has 0 unspecified atom stereocenters. The first-order valence-corrected chi connectivity index (χ1v) is 7.84. The Balaban J connectivity index is 2.00. The number of benzene rings is 2. The number of nitrogens with one attached hydrogen (secondary N) is 2. The van der Waals surface area contributed by atoms with Gasteiger partial charge in [0.05, 0.1) is 10.6 Å². The van der Waals surface area contributed by atoms with E-state index in [0.717, 1.165) is 6.08 Å². The van der Waals surface area contributed by atoms with E-state index in [2.05, 4.69) is 10.6 Å². The Hall–Kier alpha value is -2.51. The molecule has 136 valence electrons. The first-order valence-electron chi connectivity index (χ1n) is 7.08. The molecule has 0 saturated carbocycles. The van der Waals surface area contributed by atoms with Crippen LogP contribution in [0.3, 0.4) is 0 Å². The van der Waals surface area contributed by atoms with Crippen LogP contribution in [0.25, 0.3) is 6.08 Å². The monoisotopic (exact) mass is 402 g/mol. The number of urea groups is 1. The van der Waals surface area contributed by atoms with Crippen LogP contribution < -0.4 is 10.6 Å². The maximum Gasteiger partial charge on any atom is 0.426 e. The van der Waals surface area contributed by atoms with Crippen LogP contribution in [0.2, 0.25) is 5.02 Å². The molecule has 0 atom stereocenters. The summed E-state index contributed by atoms with van der Waals surface area (Å²) in [4.78, 5) is 23.8. The van der Waals surface area contributed by atoms with Crippen molar-refractivity contribution < 1.29 is 22.8 Å². The average Bonchev–Trinajstić information content (AvgIpc) is 2.56. The van der Waals surface area contributed by atoms with Crippen LogP contribution in [0.15, 0.2) is 53.6 Å². The number of hydrogen-bond donors (Lipinski definition) is 2. The Bertz CT molecular complexity index is 850. The minimum atomic E-state index is -4.63. The molecule has 0 fully saturated rings. The van der Waals surface area contributed by atoms with Gasteiger partial charge in [-0.2, -0.15) is 13.2 Å². The quantitative estimate of drug-likeness (QED) is 0.717. The van der Waals surface area contributed by atoms with Crippen molar-refractivity contribution in [2.45, 2.75) is 6.18 Å². The molecular formula is C17H11Cl2F3N2O2. The number of carbonyl (C=O) groups excluding carboxylic acids is 2. The summed E-state index contributed by atoms with van der Waals surface area (Å²) in [5, 5.41) is 3.41. The van der Waals surface area contributed by atoms with E-state index in [1.807, 2.05) is 0 Å². The van der Waals surface area contributed by atoms with Crippen molar-refractivity contribution in [3.8, 4) is 0 Å². The molecule has 0 heterocycles. The number of anilines is 1. The third kappa shape index (κ3) is 5.50. The molecule has 2 aromatic carbocycles. The van der Waals surface area contributed by atoms with Crippen molar-refractivity contribution in [2.24, 2.45) is 0 Å². The average molecular weight is 403 g/mol. The van der Waals surface area contributed by atoms with Gasteiger partial charge in [-0.15, -0.1) is 0 Å². The van der Waals surface area contributed by atoms with Gasteiger partial charge in [-0.1, -0.05) is 47.5 Å². The van der Waals surface area contributed by atoms with Gasteiger partial charge in [0.15, 0.2) is 0 Å². The lowest BCUT2D eigenvalue weighted by atomic mass is 10.2. The molecule has 0 bridgehead atoms. The van der Waals surface area contributed by atoms with Crippen LogP contribution in [0, 0.1) is 0 Å². The first-order chi connectivity index (χ1) is 12.2. The van der Waals surface area contributed by atoms with E-state index >= 15 is 0 Å². The zero-order valence-corrected chi connectivity index (χ0v) is 14.4. The highest BCUT2D eigenvalue weighted by atomic mass is 35.5. The van der Waals surface area contributed by atoms with E-state index in [1.54, 1.807) is 12.1 Å². The third-order valence-electron chi connectivity index (χ3n) is 3.08. The highest BCUT2D eigenvalue weighted by Crippen LogP contribution is 2.30. The molecule has 0 spiro atoms. The lowest BCUT2D eigenvalue weighted by Crippen LogP contribution is -2.34. The Kier molecular flexibility index (Phi) is 6.28. The molecule has 2 N–H and O–H groups in total. The summed E-state index contributed by atoms with van der Waals surface area (Å²) in [7, 11) is 0. The van der Waals surface area contributed by atoms with Gasteiger partial charge < -0.3 is 5.32 Å². The SMILES string of the molecule is O=C(NC(=O)c1ccccc1Cl)Nc1ccc(/C=C(\Cl)C(F)(F)F)cc1. The molecule has 9 heteroatoms. The summed E-state index contributed by atoms with van der Waals surface area (Å²) >= 11 is 11.0. The Labute approximate surface area is 156 Å². The number of allylic oxidation sites excluding steroid dienone is 1. The third-order valence-corrected chi connectivity index (χ3v) is 3.73. The molecule has 0 aliphatic rings. The summed E-state index contributed by atoms with van der Waals surface area (Å²) < 4.78 is 37.1. The lowest BCUT2D eigenvalue weighted by Gasteiger charge is -2.08. The zero-order valence-electron chi connectivity index (χ0n) is 12.9. The fourth-order valence-electron chi connectivity index (χ4n) is 1.87. The van der Waals surface area contributed by atoms with Gasteiger partial charge in [0, 0.05) is 5.69 Å². The van der Waals surface area contributed by atoms with Crippen LogP contribution in [-0.4, -0.2) is 18.1 Å². The van der Waals surface area contributed by atoms with Crippen molar-refractivity contribution in [1.82, 2.24) is 5.32 Å². The number of hydrogen-bond acceptors (Lipinski definition) is 2. The van der Waals surface area contributed by atoms with Gasteiger partial charge in [-0.05, 0) is 35.9 Å². The molecule has 0 radical (unpaired) electrons. The maximum absolute atomic E-state index is 12.4. The Morgan fingerprint density at radius 3 is 2.19 bits per heavy atom. The molecular weight excluding hydrogens is 392 g/mol. The van der Waals surface area contributed by atoms with E-state index in [-0.39, 0.29) is 21.8 Å². The number of alkyl halides is 3. The summed E-state index contributed by atoms with van der Waals surface area (Å²) in [6, 6.07) is 10.8. The predicted octanol–water partition coefficient (Wildman–Crippen LogP) is 5.44. The fourth-order valence-corrected chi connectivity index (χ4v) is 2.22. The summed E-state index contributed by atoms with van der Waals surface area (Å²) in [6.07, 6.45) is -3.87. The molecule has 2 aromatic rings. The topological polar surface area (TPSA) is 58.2 Å². The van der Waals surface area contributed by atoms with Crippen LogP contribution in [0.5, 0.6) is 0 Å². The van der Waals surface area contributed by atoms with Gasteiger partial charge >= 0.3 is 12.2 Å². The summed E-state index contributed by atoms with van der Waals surface area (Å²) in [5.74, 6) is -0.690. The van der Waals surface area contributed by atoms with Crippen molar-refractivity contribution >= 4 is 46.9 Å². The van der Waals surface area contributed by atoms with Crippen molar-refractivity contribution in [3.05, 3.63) is 69.7 Å². The fraction of sp³-hybridized carbons (Fsp3) is 0.0588. The largest absolute Gasteiger partial charge is 0.426 e. The molecule has 0 aliphatic heterocycles. The summed E-state index contributed by atoms with van der Waals surface area (Å²) in [6.45, 7) is 0. The second-order valence-corrected chi connectivity index (χ2v) is 5.81. The van der Waals surface area contributed by atoms with Gasteiger partial charge in [-0.3, -0.25) is 10.1 Å². The molecule has 2 rings (SSSR count). The van der Waals surface area contributed by atoms with Crippen molar-refractivity contribution in [2.75, 3.05) is 5.32 Å². The Morgan fingerprint density at radius 1 is 1.00 bits per heavy atom. The standard InChI is InChI=1S/C17H11Cl2F3N2O2/c18-13-4-2-1-3-12(13)15(25)24-16(26)23-11-7-5-10(6-8-11)9-14(19)17(20,21)22/h1-9H,(H2,23,24,25,26)/b14-9-.